The lowest BCUT2D eigenvalue weighted by molar-refractivity contribution is 0.495. The van der Waals surface area contributed by atoms with Gasteiger partial charge in [-0.25, -0.2) is 0 Å². The number of anilines is 1. The van der Waals surface area contributed by atoms with Gasteiger partial charge < -0.3 is 19.7 Å². The molecule has 6 nitrogen and oxygen atoms in total. The average Bonchev–Trinajstić information content (AvgIpc) is 2.84. The van der Waals surface area contributed by atoms with Gasteiger partial charge >= 0.3 is 11.1 Å². The van der Waals surface area contributed by atoms with E-state index >= 15 is 0 Å². The molecular weight excluding hydrogens is 326 g/mol. The SMILES string of the molecule is O=c1[nH]c2ccc(NCc3ccc(Br)o3)cc2[nH]c1=O. The first kappa shape index (κ1) is 12.7. The summed E-state index contributed by atoms with van der Waals surface area (Å²) in [5.41, 5.74) is 0.650. The topological polar surface area (TPSA) is 90.9 Å². The van der Waals surface area contributed by atoms with Crippen LogP contribution in [-0.2, 0) is 6.54 Å². The van der Waals surface area contributed by atoms with Crippen molar-refractivity contribution in [3.8, 4) is 0 Å². The zero-order valence-electron chi connectivity index (χ0n) is 10.2. The van der Waals surface area contributed by atoms with Crippen molar-refractivity contribution < 1.29 is 4.42 Å². The molecule has 20 heavy (non-hydrogen) atoms. The molecule has 0 saturated carbocycles. The van der Waals surface area contributed by atoms with E-state index in [0.717, 1.165) is 11.4 Å². The van der Waals surface area contributed by atoms with Gasteiger partial charge in [-0.1, -0.05) is 0 Å². The third-order valence-electron chi connectivity index (χ3n) is 2.82. The highest BCUT2D eigenvalue weighted by Gasteiger charge is 2.02. The Morgan fingerprint density at radius 3 is 2.50 bits per heavy atom. The van der Waals surface area contributed by atoms with E-state index in [2.05, 4.69) is 31.2 Å². The smallest absolute Gasteiger partial charge is 0.314 e. The van der Waals surface area contributed by atoms with Crippen molar-refractivity contribution in [3.05, 3.63) is 61.5 Å². The van der Waals surface area contributed by atoms with E-state index in [9.17, 15) is 9.59 Å². The molecule has 7 heteroatoms. The van der Waals surface area contributed by atoms with Crippen molar-refractivity contribution in [1.29, 1.82) is 0 Å². The van der Waals surface area contributed by atoms with Crippen LogP contribution in [0, 0.1) is 0 Å². The van der Waals surface area contributed by atoms with Crippen molar-refractivity contribution in [1.82, 2.24) is 9.97 Å². The van der Waals surface area contributed by atoms with E-state index < -0.39 is 11.1 Å². The second kappa shape index (κ2) is 5.01. The van der Waals surface area contributed by atoms with E-state index in [-0.39, 0.29) is 0 Å². The Balaban J connectivity index is 1.87. The number of rotatable bonds is 3. The lowest BCUT2D eigenvalue weighted by Gasteiger charge is -2.05. The lowest BCUT2D eigenvalue weighted by atomic mass is 10.2. The van der Waals surface area contributed by atoms with Gasteiger partial charge in [-0.05, 0) is 46.3 Å². The molecule has 0 radical (unpaired) electrons. The zero-order chi connectivity index (χ0) is 14.1. The van der Waals surface area contributed by atoms with E-state index in [1.165, 1.54) is 0 Å². The first-order valence-electron chi connectivity index (χ1n) is 5.86. The summed E-state index contributed by atoms with van der Waals surface area (Å²) in [4.78, 5) is 27.5. The normalized spacial score (nSPS) is 10.8. The van der Waals surface area contributed by atoms with Gasteiger partial charge in [-0.2, -0.15) is 0 Å². The van der Waals surface area contributed by atoms with Crippen LogP contribution in [0.2, 0.25) is 0 Å². The Bertz CT molecular complexity index is 878. The van der Waals surface area contributed by atoms with Crippen LogP contribution >= 0.6 is 15.9 Å². The number of H-pyrrole nitrogens is 2. The Labute approximate surface area is 121 Å². The van der Waals surface area contributed by atoms with Gasteiger partial charge in [-0.15, -0.1) is 0 Å². The molecule has 3 rings (SSSR count). The average molecular weight is 336 g/mol. The van der Waals surface area contributed by atoms with Gasteiger partial charge in [0.2, 0.25) is 0 Å². The minimum Gasteiger partial charge on any atom is -0.452 e. The second-order valence-corrected chi connectivity index (χ2v) is 5.01. The predicted molar refractivity (Wildman–Crippen MR) is 78.9 cm³/mol. The Hall–Kier alpha value is -2.28. The van der Waals surface area contributed by atoms with Crippen LogP contribution in [0.15, 0.2) is 49.0 Å². The van der Waals surface area contributed by atoms with Crippen molar-refractivity contribution in [2.75, 3.05) is 5.32 Å². The molecule has 0 atom stereocenters. The van der Waals surface area contributed by atoms with Crippen LogP contribution in [0.4, 0.5) is 5.69 Å². The number of furan rings is 1. The predicted octanol–water partition coefficient (Wildman–Crippen LogP) is 2.18. The summed E-state index contributed by atoms with van der Waals surface area (Å²) in [5.74, 6) is 0.784. The molecule has 0 unspecified atom stereocenters. The molecule has 0 aliphatic carbocycles. The molecule has 2 aromatic heterocycles. The fourth-order valence-corrected chi connectivity index (χ4v) is 2.20. The fourth-order valence-electron chi connectivity index (χ4n) is 1.86. The van der Waals surface area contributed by atoms with Crippen molar-refractivity contribution in [3.63, 3.8) is 0 Å². The molecule has 3 aromatic rings. The highest BCUT2D eigenvalue weighted by molar-refractivity contribution is 9.10. The van der Waals surface area contributed by atoms with Crippen LogP contribution in [-0.4, -0.2) is 9.97 Å². The largest absolute Gasteiger partial charge is 0.452 e. The molecule has 0 aliphatic heterocycles. The Morgan fingerprint density at radius 2 is 1.80 bits per heavy atom. The summed E-state index contributed by atoms with van der Waals surface area (Å²) >= 11 is 3.24. The van der Waals surface area contributed by atoms with Gasteiger partial charge in [0.15, 0.2) is 4.67 Å². The first-order chi connectivity index (χ1) is 9.61. The molecule has 0 saturated heterocycles. The summed E-state index contributed by atoms with van der Waals surface area (Å²) in [5, 5.41) is 3.17. The summed E-state index contributed by atoms with van der Waals surface area (Å²) < 4.78 is 6.05. The molecule has 0 amide bonds. The number of halogens is 1. The zero-order valence-corrected chi connectivity index (χ0v) is 11.8. The molecular formula is C13H10BrN3O3. The molecule has 1 aromatic carbocycles. The monoisotopic (exact) mass is 335 g/mol. The molecule has 0 aliphatic rings. The summed E-state index contributed by atoms with van der Waals surface area (Å²) in [6.07, 6.45) is 0. The van der Waals surface area contributed by atoms with Gasteiger partial charge in [-0.3, -0.25) is 9.59 Å². The number of hydrogen-bond donors (Lipinski definition) is 3. The maximum Gasteiger partial charge on any atom is 0.314 e. The molecule has 3 N–H and O–H groups in total. The Morgan fingerprint density at radius 1 is 1.05 bits per heavy atom. The third kappa shape index (κ3) is 2.53. The van der Waals surface area contributed by atoms with Crippen LogP contribution in [0.1, 0.15) is 5.76 Å². The van der Waals surface area contributed by atoms with Gasteiger partial charge in [0.05, 0.1) is 17.6 Å². The van der Waals surface area contributed by atoms with Gasteiger partial charge in [0, 0.05) is 5.69 Å². The van der Waals surface area contributed by atoms with Gasteiger partial charge in [0.25, 0.3) is 0 Å². The van der Waals surface area contributed by atoms with E-state index in [1.54, 1.807) is 12.1 Å². The summed E-state index contributed by atoms with van der Waals surface area (Å²) in [7, 11) is 0. The number of fused-ring (bicyclic) bond motifs is 1. The number of benzene rings is 1. The van der Waals surface area contributed by atoms with Gasteiger partial charge in [0.1, 0.15) is 5.76 Å². The quantitative estimate of drug-likeness (QED) is 0.640. The fraction of sp³-hybridized carbons (Fsp3) is 0.0769. The number of aromatic amines is 2. The molecule has 2 heterocycles. The van der Waals surface area contributed by atoms with Crippen LogP contribution < -0.4 is 16.4 Å². The lowest BCUT2D eigenvalue weighted by Crippen LogP contribution is -2.28. The standard InChI is InChI=1S/C13H10BrN3O3/c14-11-4-2-8(20-11)6-15-7-1-3-9-10(5-7)17-13(19)12(18)16-9/h1-5,15H,6H2,(H,16,18)(H,17,19). The third-order valence-corrected chi connectivity index (χ3v) is 3.24. The molecule has 102 valence electrons. The minimum atomic E-state index is -0.662. The van der Waals surface area contributed by atoms with E-state index in [4.69, 9.17) is 4.42 Å². The van der Waals surface area contributed by atoms with Crippen LogP contribution in [0.25, 0.3) is 11.0 Å². The number of nitrogens with one attached hydrogen (secondary N) is 3. The second-order valence-electron chi connectivity index (χ2n) is 4.23. The van der Waals surface area contributed by atoms with E-state index in [0.29, 0.717) is 22.2 Å². The summed E-state index contributed by atoms with van der Waals surface area (Å²) in [6, 6.07) is 8.98. The number of aromatic nitrogens is 2. The van der Waals surface area contributed by atoms with Crippen molar-refractivity contribution in [2.45, 2.75) is 6.54 Å². The van der Waals surface area contributed by atoms with Crippen LogP contribution in [0.5, 0.6) is 0 Å². The minimum absolute atomic E-state index is 0.519. The van der Waals surface area contributed by atoms with Crippen LogP contribution in [0.3, 0.4) is 0 Å². The molecule has 0 fully saturated rings. The summed E-state index contributed by atoms with van der Waals surface area (Å²) in [6.45, 7) is 0.519. The highest BCUT2D eigenvalue weighted by Crippen LogP contribution is 2.17. The maximum absolute atomic E-state index is 11.3. The van der Waals surface area contributed by atoms with E-state index in [1.807, 2.05) is 18.2 Å². The first-order valence-corrected chi connectivity index (χ1v) is 6.65. The van der Waals surface area contributed by atoms with Crippen molar-refractivity contribution >= 4 is 32.7 Å². The maximum atomic E-state index is 11.3. The van der Waals surface area contributed by atoms with Crippen molar-refractivity contribution in [2.24, 2.45) is 0 Å². The Kier molecular flexibility index (Phi) is 3.19. The number of hydrogen-bond acceptors (Lipinski definition) is 4. The molecule has 0 bridgehead atoms. The highest BCUT2D eigenvalue weighted by atomic mass is 79.9. The molecule has 0 spiro atoms.